The number of hydrogen-bond acceptors (Lipinski definition) is 1. The normalized spacial score (nSPS) is 12.8. The molecule has 130 valence electrons. The van der Waals surface area contributed by atoms with Gasteiger partial charge in [0.05, 0.1) is 10.8 Å². The van der Waals surface area contributed by atoms with Crippen LogP contribution in [0.5, 0.6) is 0 Å². The van der Waals surface area contributed by atoms with E-state index < -0.39 is 10.8 Å². The molecule has 3 aromatic rings. The summed E-state index contributed by atoms with van der Waals surface area (Å²) in [7, 11) is -1.22. The second kappa shape index (κ2) is 8.14. The molecule has 0 saturated heterocycles. The first-order valence-corrected chi connectivity index (χ1v) is 9.79. The van der Waals surface area contributed by atoms with Crippen molar-refractivity contribution in [1.82, 2.24) is 0 Å². The third-order valence-corrected chi connectivity index (χ3v) is 6.00. The molecule has 0 aromatic heterocycles. The van der Waals surface area contributed by atoms with Gasteiger partial charge in [0.15, 0.2) is 0 Å². The van der Waals surface area contributed by atoms with E-state index in [1.54, 1.807) is 0 Å². The molecule has 1 nitrogen and oxygen atoms in total. The molecule has 0 heterocycles. The number of rotatable bonds is 5. The molecule has 2 heteroatoms. The maximum absolute atomic E-state index is 13.2. The molecular weight excluding hydrogens is 336 g/mol. The van der Waals surface area contributed by atoms with Crippen LogP contribution in [0, 0.1) is 6.92 Å². The molecule has 0 amide bonds. The van der Waals surface area contributed by atoms with Crippen molar-refractivity contribution in [3.63, 3.8) is 0 Å². The summed E-state index contributed by atoms with van der Waals surface area (Å²) in [6, 6.07) is 25.9. The first-order chi connectivity index (χ1) is 12.6. The molecule has 1 unspecified atom stereocenters. The van der Waals surface area contributed by atoms with Crippen LogP contribution in [0.25, 0.3) is 5.57 Å². The standard InChI is InChI=1S/C24H22OS/c1-4-22(20-10-6-5-7-11-20)19(3)23-12-8-9-13-24(23)26(25)21-16-14-18(2)15-17-21/h5-17,19H,1H2,2-3H3/t19-,26?/m0/s1. The lowest BCUT2D eigenvalue weighted by molar-refractivity contribution is 0.681. The van der Waals surface area contributed by atoms with Crippen molar-refractivity contribution in [1.29, 1.82) is 0 Å². The van der Waals surface area contributed by atoms with Crippen molar-refractivity contribution in [2.45, 2.75) is 29.6 Å². The van der Waals surface area contributed by atoms with E-state index in [2.05, 4.69) is 31.4 Å². The Morgan fingerprint density at radius 1 is 0.923 bits per heavy atom. The molecule has 0 saturated carbocycles. The minimum Gasteiger partial charge on any atom is -0.249 e. The molecule has 0 N–H and O–H groups in total. The predicted molar refractivity (Wildman–Crippen MR) is 110 cm³/mol. The third-order valence-electron chi connectivity index (χ3n) is 4.53. The number of aryl methyl sites for hydroxylation is 1. The fraction of sp³-hybridized carbons (Fsp3) is 0.125. The number of allylic oxidation sites excluding steroid dienone is 1. The summed E-state index contributed by atoms with van der Waals surface area (Å²) in [5.74, 6) is 0.0421. The summed E-state index contributed by atoms with van der Waals surface area (Å²) in [4.78, 5) is 1.66. The molecule has 3 aromatic carbocycles. The highest BCUT2D eigenvalue weighted by Gasteiger charge is 2.19. The van der Waals surface area contributed by atoms with Gasteiger partial charge in [-0.15, -0.1) is 5.73 Å². The van der Waals surface area contributed by atoms with Gasteiger partial charge >= 0.3 is 0 Å². The highest BCUT2D eigenvalue weighted by atomic mass is 32.2. The summed E-state index contributed by atoms with van der Waals surface area (Å²) in [6.45, 7) is 8.04. The van der Waals surface area contributed by atoms with Gasteiger partial charge in [0.25, 0.3) is 0 Å². The molecule has 0 aliphatic carbocycles. The van der Waals surface area contributed by atoms with Crippen LogP contribution in [0.3, 0.4) is 0 Å². The lowest BCUT2D eigenvalue weighted by atomic mass is 9.89. The van der Waals surface area contributed by atoms with Gasteiger partial charge in [-0.05, 0) is 36.2 Å². The second-order valence-corrected chi connectivity index (χ2v) is 7.75. The molecule has 2 atom stereocenters. The topological polar surface area (TPSA) is 17.1 Å². The van der Waals surface area contributed by atoms with Crippen LogP contribution in [-0.2, 0) is 10.8 Å². The Bertz CT molecular complexity index is 965. The van der Waals surface area contributed by atoms with Crippen LogP contribution < -0.4 is 0 Å². The summed E-state index contributed by atoms with van der Waals surface area (Å²) in [5, 5.41) is 0. The van der Waals surface area contributed by atoms with Crippen LogP contribution in [-0.4, -0.2) is 4.21 Å². The van der Waals surface area contributed by atoms with Gasteiger partial charge in [-0.2, -0.15) is 0 Å². The van der Waals surface area contributed by atoms with Gasteiger partial charge in [-0.1, -0.05) is 79.7 Å². The number of benzene rings is 3. The van der Waals surface area contributed by atoms with Gasteiger partial charge in [0, 0.05) is 21.3 Å². The Labute approximate surface area is 158 Å². The zero-order valence-electron chi connectivity index (χ0n) is 15.1. The Balaban J connectivity index is 2.02. The maximum atomic E-state index is 13.2. The van der Waals surface area contributed by atoms with E-state index in [4.69, 9.17) is 0 Å². The zero-order valence-corrected chi connectivity index (χ0v) is 15.9. The molecule has 0 bridgehead atoms. The Kier molecular flexibility index (Phi) is 5.68. The van der Waals surface area contributed by atoms with Crippen molar-refractivity contribution in [3.05, 3.63) is 108 Å². The Morgan fingerprint density at radius 3 is 2.19 bits per heavy atom. The highest BCUT2D eigenvalue weighted by molar-refractivity contribution is 7.85. The monoisotopic (exact) mass is 358 g/mol. The Morgan fingerprint density at radius 2 is 1.54 bits per heavy atom. The van der Waals surface area contributed by atoms with Crippen molar-refractivity contribution in [2.24, 2.45) is 0 Å². The second-order valence-electron chi connectivity index (χ2n) is 6.30. The minimum atomic E-state index is -1.22. The van der Waals surface area contributed by atoms with Gasteiger partial charge in [0.1, 0.15) is 0 Å². The van der Waals surface area contributed by atoms with E-state index in [1.807, 2.05) is 73.7 Å². The largest absolute Gasteiger partial charge is 0.249 e. The van der Waals surface area contributed by atoms with Crippen molar-refractivity contribution in [2.75, 3.05) is 0 Å². The van der Waals surface area contributed by atoms with E-state index in [1.165, 1.54) is 0 Å². The number of hydrogen-bond donors (Lipinski definition) is 0. The van der Waals surface area contributed by atoms with Crippen LogP contribution in [0.1, 0.15) is 29.5 Å². The van der Waals surface area contributed by atoms with Gasteiger partial charge in [-0.3, -0.25) is 0 Å². The fourth-order valence-electron chi connectivity index (χ4n) is 3.07. The predicted octanol–water partition coefficient (Wildman–Crippen LogP) is 6.13. The fourth-order valence-corrected chi connectivity index (χ4v) is 4.37. The molecular formula is C24H22OS. The summed E-state index contributed by atoms with van der Waals surface area (Å²) in [6.07, 6.45) is 0. The van der Waals surface area contributed by atoms with Crippen molar-refractivity contribution < 1.29 is 4.21 Å². The SMILES string of the molecule is C=C=C(c1ccccc1)[C@H](C)c1ccccc1S(=O)c1ccc(C)cc1. The van der Waals surface area contributed by atoms with E-state index in [9.17, 15) is 4.21 Å². The van der Waals surface area contributed by atoms with Crippen LogP contribution in [0.4, 0.5) is 0 Å². The molecule has 3 rings (SSSR count). The highest BCUT2D eigenvalue weighted by Crippen LogP contribution is 2.35. The van der Waals surface area contributed by atoms with E-state index in [-0.39, 0.29) is 5.92 Å². The van der Waals surface area contributed by atoms with Crippen LogP contribution in [0.15, 0.2) is 101 Å². The van der Waals surface area contributed by atoms with Crippen molar-refractivity contribution in [3.8, 4) is 0 Å². The smallest absolute Gasteiger partial charge is 0.0852 e. The average Bonchev–Trinajstić information content (AvgIpc) is 2.69. The molecule has 0 radical (unpaired) electrons. The van der Waals surface area contributed by atoms with E-state index in [0.717, 1.165) is 32.1 Å². The summed E-state index contributed by atoms with van der Waals surface area (Å²) >= 11 is 0. The van der Waals surface area contributed by atoms with Gasteiger partial charge in [-0.25, -0.2) is 4.21 Å². The lowest BCUT2D eigenvalue weighted by Gasteiger charge is -2.18. The zero-order chi connectivity index (χ0) is 18.5. The summed E-state index contributed by atoms with van der Waals surface area (Å²) in [5.41, 5.74) is 7.40. The Hall–Kier alpha value is -2.67. The minimum absolute atomic E-state index is 0.0421. The van der Waals surface area contributed by atoms with Gasteiger partial charge < -0.3 is 0 Å². The van der Waals surface area contributed by atoms with Gasteiger partial charge in [0.2, 0.25) is 0 Å². The summed E-state index contributed by atoms with van der Waals surface area (Å²) < 4.78 is 13.2. The molecule has 0 aliphatic heterocycles. The quantitative estimate of drug-likeness (QED) is 0.501. The molecule has 0 aliphatic rings. The third kappa shape index (κ3) is 3.77. The van der Waals surface area contributed by atoms with E-state index >= 15 is 0 Å². The van der Waals surface area contributed by atoms with E-state index in [0.29, 0.717) is 0 Å². The average molecular weight is 359 g/mol. The molecule has 0 spiro atoms. The first kappa shape index (κ1) is 18.1. The maximum Gasteiger partial charge on any atom is 0.0852 e. The van der Waals surface area contributed by atoms with Crippen LogP contribution >= 0.6 is 0 Å². The molecule has 0 fully saturated rings. The lowest BCUT2D eigenvalue weighted by Crippen LogP contribution is -2.04. The first-order valence-electron chi connectivity index (χ1n) is 8.64. The van der Waals surface area contributed by atoms with Crippen LogP contribution in [0.2, 0.25) is 0 Å². The van der Waals surface area contributed by atoms with Crippen molar-refractivity contribution >= 4 is 16.4 Å². The molecule has 26 heavy (non-hydrogen) atoms.